The summed E-state index contributed by atoms with van der Waals surface area (Å²) in [5.41, 5.74) is 0.854. The van der Waals surface area contributed by atoms with Gasteiger partial charge in [0, 0.05) is 20.6 Å². The molecule has 0 bridgehead atoms. The minimum Gasteiger partial charge on any atom is -0.408 e. The molecule has 2 rings (SSSR count). The summed E-state index contributed by atoms with van der Waals surface area (Å²) in [7, 11) is -0.428. The molecule has 1 aromatic carbocycles. The van der Waals surface area contributed by atoms with E-state index >= 15 is 0 Å². The summed E-state index contributed by atoms with van der Waals surface area (Å²) in [6.45, 7) is 2.48. The Labute approximate surface area is 117 Å². The van der Waals surface area contributed by atoms with E-state index in [1.807, 2.05) is 6.92 Å². The van der Waals surface area contributed by atoms with E-state index < -0.39 is 15.8 Å². The van der Waals surface area contributed by atoms with E-state index in [0.717, 1.165) is 12.8 Å². The standard InChI is InChI=1S/C13H18N2O4S/c1-4-5-8-14(2)20(17,18)10-6-7-12-11(9-10)15(3)13(16)19-12/h6-7,9H,4-5,8H2,1-3H3. The van der Waals surface area contributed by atoms with Crippen LogP contribution in [0.3, 0.4) is 0 Å². The van der Waals surface area contributed by atoms with Crippen molar-refractivity contribution in [3.8, 4) is 0 Å². The number of rotatable bonds is 5. The molecule has 0 saturated carbocycles. The molecular weight excluding hydrogens is 280 g/mol. The van der Waals surface area contributed by atoms with Gasteiger partial charge in [0.05, 0.1) is 10.4 Å². The van der Waals surface area contributed by atoms with E-state index in [0.29, 0.717) is 17.6 Å². The highest BCUT2D eigenvalue weighted by Crippen LogP contribution is 2.20. The van der Waals surface area contributed by atoms with Gasteiger partial charge in [-0.1, -0.05) is 13.3 Å². The highest BCUT2D eigenvalue weighted by molar-refractivity contribution is 7.89. The number of hydrogen-bond donors (Lipinski definition) is 0. The van der Waals surface area contributed by atoms with Crippen molar-refractivity contribution < 1.29 is 12.8 Å². The maximum atomic E-state index is 12.4. The lowest BCUT2D eigenvalue weighted by molar-refractivity contribution is 0.459. The zero-order valence-corrected chi connectivity index (χ0v) is 12.6. The average Bonchev–Trinajstić information content (AvgIpc) is 2.71. The van der Waals surface area contributed by atoms with Crippen LogP contribution in [0.5, 0.6) is 0 Å². The van der Waals surface area contributed by atoms with Crippen LogP contribution < -0.4 is 5.76 Å². The summed E-state index contributed by atoms with van der Waals surface area (Å²) in [4.78, 5) is 11.6. The van der Waals surface area contributed by atoms with Gasteiger partial charge in [-0.15, -0.1) is 0 Å². The van der Waals surface area contributed by atoms with Gasteiger partial charge in [0.2, 0.25) is 10.0 Å². The van der Waals surface area contributed by atoms with Crippen molar-refractivity contribution in [2.75, 3.05) is 13.6 Å². The van der Waals surface area contributed by atoms with Crippen LogP contribution in [0.25, 0.3) is 11.1 Å². The molecule has 2 aromatic rings. The molecule has 0 aliphatic heterocycles. The Morgan fingerprint density at radius 3 is 2.70 bits per heavy atom. The topological polar surface area (TPSA) is 72.5 Å². The van der Waals surface area contributed by atoms with E-state index in [1.165, 1.54) is 27.1 Å². The molecule has 0 aliphatic rings. The predicted octanol–water partition coefficient (Wildman–Crippen LogP) is 1.55. The zero-order chi connectivity index (χ0) is 14.9. The minimum atomic E-state index is -3.53. The molecule has 0 fully saturated rings. The molecule has 1 heterocycles. The summed E-state index contributed by atoms with van der Waals surface area (Å²) < 4.78 is 32.4. The Hall–Kier alpha value is -1.60. The van der Waals surface area contributed by atoms with Gasteiger partial charge in [0.15, 0.2) is 5.58 Å². The van der Waals surface area contributed by atoms with Crippen LogP contribution in [0.15, 0.2) is 32.3 Å². The number of sulfonamides is 1. The Bertz CT molecular complexity index is 773. The van der Waals surface area contributed by atoms with Crippen molar-refractivity contribution in [1.29, 1.82) is 0 Å². The molecule has 20 heavy (non-hydrogen) atoms. The highest BCUT2D eigenvalue weighted by atomic mass is 32.2. The number of oxazole rings is 1. The summed E-state index contributed by atoms with van der Waals surface area (Å²) in [6.07, 6.45) is 1.73. The highest BCUT2D eigenvalue weighted by Gasteiger charge is 2.21. The number of fused-ring (bicyclic) bond motifs is 1. The first-order chi connectivity index (χ1) is 9.37. The number of nitrogens with zero attached hydrogens (tertiary/aromatic N) is 2. The van der Waals surface area contributed by atoms with Crippen LogP contribution in [-0.2, 0) is 17.1 Å². The van der Waals surface area contributed by atoms with Crippen molar-refractivity contribution in [3.63, 3.8) is 0 Å². The Balaban J connectivity index is 2.46. The van der Waals surface area contributed by atoms with Crippen molar-refractivity contribution >= 4 is 21.1 Å². The third-order valence-electron chi connectivity index (χ3n) is 3.30. The smallest absolute Gasteiger partial charge is 0.408 e. The number of hydrogen-bond acceptors (Lipinski definition) is 4. The molecule has 0 saturated heterocycles. The lowest BCUT2D eigenvalue weighted by atomic mass is 10.3. The Morgan fingerprint density at radius 2 is 2.05 bits per heavy atom. The van der Waals surface area contributed by atoms with Gasteiger partial charge < -0.3 is 4.42 Å². The van der Waals surface area contributed by atoms with Gasteiger partial charge >= 0.3 is 5.76 Å². The molecule has 0 spiro atoms. The molecule has 7 heteroatoms. The molecule has 1 aromatic heterocycles. The molecule has 110 valence electrons. The SMILES string of the molecule is CCCCN(C)S(=O)(=O)c1ccc2oc(=O)n(C)c2c1. The number of benzene rings is 1. The number of aryl methyl sites for hydroxylation is 1. The van der Waals surface area contributed by atoms with Crippen molar-refractivity contribution in [1.82, 2.24) is 8.87 Å². The fourth-order valence-electron chi connectivity index (χ4n) is 1.95. The molecule has 0 aliphatic carbocycles. The Morgan fingerprint density at radius 1 is 1.35 bits per heavy atom. The van der Waals surface area contributed by atoms with Gasteiger partial charge in [-0.2, -0.15) is 0 Å². The Kier molecular flexibility index (Phi) is 4.01. The second kappa shape index (κ2) is 5.41. The zero-order valence-electron chi connectivity index (χ0n) is 11.8. The van der Waals surface area contributed by atoms with Gasteiger partial charge in [-0.25, -0.2) is 17.5 Å². The molecule has 0 N–H and O–H groups in total. The minimum absolute atomic E-state index is 0.167. The van der Waals surface area contributed by atoms with E-state index in [9.17, 15) is 13.2 Å². The molecule has 0 amide bonds. The van der Waals surface area contributed by atoms with Crippen molar-refractivity contribution in [2.24, 2.45) is 7.05 Å². The molecule has 6 nitrogen and oxygen atoms in total. The van der Waals surface area contributed by atoms with Gasteiger partial charge in [-0.05, 0) is 24.6 Å². The molecule has 0 atom stereocenters. The second-order valence-corrected chi connectivity index (χ2v) is 6.78. The number of aromatic nitrogens is 1. The first-order valence-electron chi connectivity index (χ1n) is 6.44. The van der Waals surface area contributed by atoms with E-state index in [2.05, 4.69) is 0 Å². The quantitative estimate of drug-likeness (QED) is 0.839. The van der Waals surface area contributed by atoms with E-state index in [4.69, 9.17) is 4.42 Å². The molecule has 0 radical (unpaired) electrons. The number of unbranched alkanes of at least 4 members (excludes halogenated alkanes) is 1. The third-order valence-corrected chi connectivity index (χ3v) is 5.15. The van der Waals surface area contributed by atoms with Crippen LogP contribution in [0, 0.1) is 0 Å². The fraction of sp³-hybridized carbons (Fsp3) is 0.462. The lowest BCUT2D eigenvalue weighted by Gasteiger charge is -2.16. The van der Waals surface area contributed by atoms with Crippen LogP contribution in [0.4, 0.5) is 0 Å². The lowest BCUT2D eigenvalue weighted by Crippen LogP contribution is -2.27. The second-order valence-electron chi connectivity index (χ2n) is 4.74. The maximum Gasteiger partial charge on any atom is 0.419 e. The maximum absolute atomic E-state index is 12.4. The summed E-state index contributed by atoms with van der Waals surface area (Å²) in [5, 5.41) is 0. The van der Waals surface area contributed by atoms with Crippen LogP contribution in [0.2, 0.25) is 0 Å². The normalized spacial score (nSPS) is 12.4. The largest absolute Gasteiger partial charge is 0.419 e. The van der Waals surface area contributed by atoms with E-state index in [-0.39, 0.29) is 4.90 Å². The first-order valence-corrected chi connectivity index (χ1v) is 7.88. The third kappa shape index (κ3) is 2.51. The molecule has 0 unspecified atom stereocenters. The van der Waals surface area contributed by atoms with Gasteiger partial charge in [0.25, 0.3) is 0 Å². The summed E-state index contributed by atoms with van der Waals surface area (Å²) in [5.74, 6) is -0.506. The van der Waals surface area contributed by atoms with Crippen LogP contribution >= 0.6 is 0 Å². The van der Waals surface area contributed by atoms with Crippen LogP contribution in [0.1, 0.15) is 19.8 Å². The van der Waals surface area contributed by atoms with Crippen molar-refractivity contribution in [2.45, 2.75) is 24.7 Å². The fourth-order valence-corrected chi connectivity index (χ4v) is 3.18. The van der Waals surface area contributed by atoms with Crippen molar-refractivity contribution in [3.05, 3.63) is 28.7 Å². The molecular formula is C13H18N2O4S. The van der Waals surface area contributed by atoms with Gasteiger partial charge in [0.1, 0.15) is 0 Å². The van der Waals surface area contributed by atoms with Gasteiger partial charge in [-0.3, -0.25) is 4.57 Å². The van der Waals surface area contributed by atoms with Crippen LogP contribution in [-0.4, -0.2) is 30.9 Å². The predicted molar refractivity (Wildman–Crippen MR) is 76.2 cm³/mol. The summed E-state index contributed by atoms with van der Waals surface area (Å²) in [6, 6.07) is 4.44. The monoisotopic (exact) mass is 298 g/mol. The van der Waals surface area contributed by atoms with E-state index in [1.54, 1.807) is 14.1 Å². The first kappa shape index (κ1) is 14.8. The summed E-state index contributed by atoms with van der Waals surface area (Å²) >= 11 is 0. The average molecular weight is 298 g/mol.